The number of halogens is 1. The molecule has 10 heteroatoms. The van der Waals surface area contributed by atoms with Gasteiger partial charge in [-0.2, -0.15) is 0 Å². The highest BCUT2D eigenvalue weighted by molar-refractivity contribution is 6.31. The highest BCUT2D eigenvalue weighted by Gasteiger charge is 2.39. The van der Waals surface area contributed by atoms with Crippen molar-refractivity contribution < 1.29 is 33.7 Å². The molecule has 1 aliphatic heterocycles. The summed E-state index contributed by atoms with van der Waals surface area (Å²) in [5.74, 6) is -2.79. The van der Waals surface area contributed by atoms with Crippen LogP contribution in [-0.2, 0) is 28.6 Å². The van der Waals surface area contributed by atoms with Crippen LogP contribution in [0.15, 0.2) is 83.2 Å². The Bertz CT molecular complexity index is 1240. The Balaban J connectivity index is 0.000000404. The average molecular weight is 557 g/mol. The van der Waals surface area contributed by atoms with Gasteiger partial charge in [0.1, 0.15) is 0 Å². The summed E-state index contributed by atoms with van der Waals surface area (Å²) in [6, 6.07) is 16.4. The van der Waals surface area contributed by atoms with Crippen LogP contribution in [0.3, 0.4) is 0 Å². The van der Waals surface area contributed by atoms with Crippen molar-refractivity contribution in [2.75, 3.05) is 33.5 Å². The van der Waals surface area contributed by atoms with Crippen LogP contribution in [0.25, 0.3) is 6.08 Å². The number of aliphatic carboxylic acids is 1. The quantitative estimate of drug-likeness (QED) is 0.225. The fourth-order valence-corrected chi connectivity index (χ4v) is 4.09. The van der Waals surface area contributed by atoms with E-state index < -0.39 is 23.8 Å². The van der Waals surface area contributed by atoms with Crippen LogP contribution in [0.2, 0.25) is 5.02 Å². The molecule has 9 nitrogen and oxygen atoms in total. The van der Waals surface area contributed by atoms with E-state index >= 15 is 0 Å². The van der Waals surface area contributed by atoms with E-state index in [1.807, 2.05) is 30.3 Å². The van der Waals surface area contributed by atoms with Crippen LogP contribution in [0, 0.1) is 0 Å². The van der Waals surface area contributed by atoms with Gasteiger partial charge in [0.25, 0.3) is 0 Å². The smallest absolute Gasteiger partial charge is 0.336 e. The van der Waals surface area contributed by atoms with Crippen molar-refractivity contribution in [1.82, 2.24) is 5.32 Å². The van der Waals surface area contributed by atoms with Gasteiger partial charge in [0.2, 0.25) is 0 Å². The largest absolute Gasteiger partial charge is 0.478 e. The van der Waals surface area contributed by atoms with E-state index in [2.05, 4.69) is 5.32 Å². The maximum absolute atomic E-state index is 12.9. The maximum atomic E-state index is 12.9. The lowest BCUT2D eigenvalue weighted by Gasteiger charge is -2.31. The fraction of sp³-hybridized carbons (Fsp3) is 0.276. The third-order valence-electron chi connectivity index (χ3n) is 5.49. The molecule has 0 saturated heterocycles. The number of dihydropyridines is 1. The number of nitrogens with one attached hydrogen (secondary N) is 1. The van der Waals surface area contributed by atoms with Gasteiger partial charge >= 0.3 is 17.9 Å². The molecule has 0 aromatic heterocycles. The highest BCUT2D eigenvalue weighted by atomic mass is 35.5. The summed E-state index contributed by atoms with van der Waals surface area (Å²) in [6.45, 7) is 4.42. The lowest BCUT2D eigenvalue weighted by molar-refractivity contribution is -0.139. The molecule has 1 atom stereocenters. The molecule has 0 aliphatic carbocycles. The van der Waals surface area contributed by atoms with Gasteiger partial charge in [0, 0.05) is 23.3 Å². The summed E-state index contributed by atoms with van der Waals surface area (Å²) in [4.78, 5) is 35.5. The van der Waals surface area contributed by atoms with Crippen LogP contribution in [-0.4, -0.2) is 56.5 Å². The Morgan fingerprint density at radius 1 is 1.05 bits per heavy atom. The van der Waals surface area contributed by atoms with Crippen molar-refractivity contribution in [3.8, 4) is 0 Å². The van der Waals surface area contributed by atoms with Crippen LogP contribution in [0.5, 0.6) is 0 Å². The number of rotatable bonds is 10. The second kappa shape index (κ2) is 16.1. The van der Waals surface area contributed by atoms with Crippen LogP contribution in [0.1, 0.15) is 30.9 Å². The Morgan fingerprint density at radius 3 is 2.31 bits per heavy atom. The number of hydrogen-bond acceptors (Lipinski definition) is 8. The van der Waals surface area contributed by atoms with Crippen molar-refractivity contribution in [1.29, 1.82) is 0 Å². The Hall–Kier alpha value is -3.92. The number of allylic oxidation sites excluding steroid dienone is 1. The van der Waals surface area contributed by atoms with Crippen molar-refractivity contribution in [2.24, 2.45) is 5.73 Å². The third kappa shape index (κ3) is 9.10. The Kier molecular flexibility index (Phi) is 12.9. The van der Waals surface area contributed by atoms with Crippen LogP contribution >= 0.6 is 11.6 Å². The zero-order valence-electron chi connectivity index (χ0n) is 22.1. The van der Waals surface area contributed by atoms with E-state index in [0.717, 1.165) is 11.6 Å². The summed E-state index contributed by atoms with van der Waals surface area (Å²) in [7, 11) is 1.29. The minimum Gasteiger partial charge on any atom is -0.478 e. The second-order valence-corrected chi connectivity index (χ2v) is 8.55. The molecule has 1 aliphatic rings. The van der Waals surface area contributed by atoms with Gasteiger partial charge in [-0.3, -0.25) is 0 Å². The monoisotopic (exact) mass is 556 g/mol. The van der Waals surface area contributed by atoms with E-state index in [9.17, 15) is 14.4 Å². The van der Waals surface area contributed by atoms with E-state index in [1.165, 1.54) is 7.11 Å². The molecule has 0 fully saturated rings. The molecule has 0 saturated carbocycles. The number of carboxylic acid groups (broad SMARTS) is 1. The molecule has 2 aromatic carbocycles. The number of hydrogen-bond donors (Lipinski definition) is 3. The molecule has 0 amide bonds. The number of methoxy groups -OCH3 is 1. The van der Waals surface area contributed by atoms with E-state index in [-0.39, 0.29) is 18.8 Å². The van der Waals surface area contributed by atoms with Gasteiger partial charge in [-0.05, 0) is 37.1 Å². The summed E-state index contributed by atoms with van der Waals surface area (Å²) >= 11 is 6.42. The first-order valence-corrected chi connectivity index (χ1v) is 12.6. The first-order valence-electron chi connectivity index (χ1n) is 12.2. The molecule has 0 radical (unpaired) electrons. The second-order valence-electron chi connectivity index (χ2n) is 8.15. The Morgan fingerprint density at radius 2 is 1.72 bits per heavy atom. The number of ether oxygens (including phenoxy) is 3. The lowest BCUT2D eigenvalue weighted by atomic mass is 9.80. The standard InChI is InChI=1S/C20H25ClN2O5.C9H8O2/c1-4-28-20(25)18-15(11-27-10-9-22)23-12(2)16(19(24)26-3)17(18)13-7-5-6-8-14(13)21;10-9(11)7-6-8-4-2-1-3-5-8/h5-8,17,23H,4,9-11,22H2,1-3H3;1-7H,(H,10,11)/b;7-6+. The molecule has 0 bridgehead atoms. The summed E-state index contributed by atoms with van der Waals surface area (Å²) in [5, 5.41) is 11.8. The van der Waals surface area contributed by atoms with Gasteiger partial charge < -0.3 is 30.4 Å². The number of carboxylic acids is 1. The summed E-state index contributed by atoms with van der Waals surface area (Å²) in [5.41, 5.74) is 8.60. The molecule has 208 valence electrons. The molecule has 39 heavy (non-hydrogen) atoms. The minimum atomic E-state index is -0.922. The predicted molar refractivity (Wildman–Crippen MR) is 149 cm³/mol. The normalized spacial score (nSPS) is 14.8. The van der Waals surface area contributed by atoms with E-state index in [0.29, 0.717) is 40.7 Å². The zero-order valence-corrected chi connectivity index (χ0v) is 22.9. The molecule has 3 rings (SSSR count). The molecular weight excluding hydrogens is 524 g/mol. The number of carbonyl (C=O) groups excluding carboxylic acids is 2. The lowest BCUT2D eigenvalue weighted by Crippen LogP contribution is -2.35. The molecule has 2 aromatic rings. The molecular formula is C29H33ClN2O7. The first-order chi connectivity index (χ1) is 18.7. The summed E-state index contributed by atoms with van der Waals surface area (Å²) < 4.78 is 15.8. The van der Waals surface area contributed by atoms with Crippen molar-refractivity contribution >= 4 is 35.6 Å². The summed E-state index contributed by atoms with van der Waals surface area (Å²) in [6.07, 6.45) is 2.68. The van der Waals surface area contributed by atoms with Crippen LogP contribution in [0.4, 0.5) is 0 Å². The first kappa shape index (κ1) is 31.3. The minimum absolute atomic E-state index is 0.109. The van der Waals surface area contributed by atoms with Gasteiger partial charge in [-0.1, -0.05) is 60.1 Å². The molecule has 0 spiro atoms. The number of benzene rings is 2. The van der Waals surface area contributed by atoms with Crippen LogP contribution < -0.4 is 11.1 Å². The Labute approximate surface area is 232 Å². The molecule has 4 N–H and O–H groups in total. The zero-order chi connectivity index (χ0) is 28.8. The van der Waals surface area contributed by atoms with Crippen molar-refractivity contribution in [3.05, 3.63) is 99.4 Å². The highest BCUT2D eigenvalue weighted by Crippen LogP contribution is 2.41. The van der Waals surface area contributed by atoms with Gasteiger partial charge in [-0.15, -0.1) is 0 Å². The number of esters is 2. The molecule has 1 unspecified atom stereocenters. The van der Waals surface area contributed by atoms with Crippen molar-refractivity contribution in [2.45, 2.75) is 19.8 Å². The predicted octanol–water partition coefficient (Wildman–Crippen LogP) is 4.05. The SMILES string of the molecule is CCOC(=O)C1=C(COCCN)NC(C)=C(C(=O)OC)C1c1ccccc1Cl.O=C(O)/C=C/c1ccccc1. The number of carbonyl (C=O) groups is 3. The topological polar surface area (TPSA) is 137 Å². The van der Waals surface area contributed by atoms with E-state index in [4.69, 9.17) is 36.7 Å². The van der Waals surface area contributed by atoms with Gasteiger partial charge in [-0.25, -0.2) is 14.4 Å². The average Bonchev–Trinajstić information content (AvgIpc) is 2.92. The van der Waals surface area contributed by atoms with Gasteiger partial charge in [0.15, 0.2) is 0 Å². The molecule has 1 heterocycles. The van der Waals surface area contributed by atoms with Gasteiger partial charge in [0.05, 0.1) is 49.7 Å². The van der Waals surface area contributed by atoms with E-state index in [1.54, 1.807) is 44.2 Å². The van der Waals surface area contributed by atoms with Crippen molar-refractivity contribution in [3.63, 3.8) is 0 Å². The fourth-order valence-electron chi connectivity index (χ4n) is 3.85. The maximum Gasteiger partial charge on any atom is 0.336 e. The third-order valence-corrected chi connectivity index (χ3v) is 5.83. The number of nitrogens with two attached hydrogens (primary N) is 1.